The van der Waals surface area contributed by atoms with Gasteiger partial charge in [0, 0.05) is 13.3 Å². The summed E-state index contributed by atoms with van der Waals surface area (Å²) in [5.41, 5.74) is 0.387. The minimum Gasteiger partial charge on any atom is -0.414 e. The highest BCUT2D eigenvalue weighted by Crippen LogP contribution is 2.29. The summed E-state index contributed by atoms with van der Waals surface area (Å²) in [7, 11) is -2.05. The molecule has 0 bridgehead atoms. The second kappa shape index (κ2) is 8.92. The van der Waals surface area contributed by atoms with Crippen molar-refractivity contribution in [3.63, 3.8) is 0 Å². The molecular weight excluding hydrogens is 430 g/mol. The number of thiazole rings is 1. The first-order valence-corrected chi connectivity index (χ1v) is 10.8. The van der Waals surface area contributed by atoms with Gasteiger partial charge >= 0.3 is 6.43 Å². The number of sulfonamides is 1. The zero-order valence-corrected chi connectivity index (χ0v) is 17.2. The molecule has 3 aromatic rings. The molecule has 3 aromatic heterocycles. The Kier molecular flexibility index (Phi) is 6.54. The molecule has 0 aliphatic carbocycles. The molecule has 3 heterocycles. The maximum atomic E-state index is 12.6. The lowest BCUT2D eigenvalue weighted by Crippen LogP contribution is -2.31. The monoisotopic (exact) mass is 448 g/mol. The summed E-state index contributed by atoms with van der Waals surface area (Å²) in [6.07, 6.45) is 1.56. The summed E-state index contributed by atoms with van der Waals surface area (Å²) in [6.45, 7) is 2.39. The Labute approximate surface area is 169 Å². The van der Waals surface area contributed by atoms with Crippen molar-refractivity contribution in [2.75, 3.05) is 23.8 Å². The van der Waals surface area contributed by atoms with Gasteiger partial charge in [-0.05, 0) is 6.92 Å². The van der Waals surface area contributed by atoms with E-state index in [0.29, 0.717) is 28.7 Å². The van der Waals surface area contributed by atoms with Gasteiger partial charge in [0.15, 0.2) is 0 Å². The molecule has 0 spiro atoms. The van der Waals surface area contributed by atoms with Gasteiger partial charge in [-0.15, -0.1) is 21.5 Å². The normalized spacial score (nSPS) is 12.0. The molecule has 0 unspecified atom stereocenters. The summed E-state index contributed by atoms with van der Waals surface area (Å²) < 4.78 is 63.1. The van der Waals surface area contributed by atoms with E-state index < -0.39 is 22.3 Å². The number of ether oxygens (including phenoxy) is 1. The number of halogens is 2. The van der Waals surface area contributed by atoms with E-state index >= 15 is 0 Å². The van der Waals surface area contributed by atoms with Crippen LogP contribution in [-0.2, 0) is 27.8 Å². The van der Waals surface area contributed by atoms with Crippen LogP contribution in [0.15, 0.2) is 23.0 Å². The molecule has 0 atom stereocenters. The van der Waals surface area contributed by atoms with Gasteiger partial charge in [0.1, 0.15) is 9.88 Å². The quantitative estimate of drug-likeness (QED) is 0.464. The highest BCUT2D eigenvalue weighted by atomic mass is 32.2. The summed E-state index contributed by atoms with van der Waals surface area (Å²) in [6, 6.07) is 0. The molecule has 14 heteroatoms. The first-order chi connectivity index (χ1) is 13.8. The molecule has 0 aliphatic heterocycles. The lowest BCUT2D eigenvalue weighted by atomic mass is 10.5. The molecular formula is C15H18F2N6O4S2. The standard InChI is InChI=1S/C15H18F2N6O4S2/c1-3-29(24,25)23(10-6-19-22(8-10)4-5-26-2)9-12-18-7-11(28-12)14-20-21-15(27-14)13(16)17/h6-8,13H,3-5,9H2,1-2H3. The number of hydrogen-bond acceptors (Lipinski definition) is 9. The largest absolute Gasteiger partial charge is 0.414 e. The van der Waals surface area contributed by atoms with E-state index in [-0.39, 0.29) is 18.2 Å². The SMILES string of the molecule is CCS(=O)(=O)N(Cc1ncc(-c2nnc(C(F)F)o2)s1)c1cnn(CCOC)c1. The van der Waals surface area contributed by atoms with Crippen molar-refractivity contribution < 1.29 is 26.4 Å². The second-order valence-corrected chi connectivity index (χ2v) is 9.02. The summed E-state index contributed by atoms with van der Waals surface area (Å²) in [4.78, 5) is 4.53. The van der Waals surface area contributed by atoms with Crippen molar-refractivity contribution in [1.29, 1.82) is 0 Å². The molecule has 0 amide bonds. The predicted octanol–water partition coefficient (Wildman–Crippen LogP) is 2.33. The van der Waals surface area contributed by atoms with E-state index in [1.54, 1.807) is 18.0 Å². The zero-order chi connectivity index (χ0) is 21.0. The molecule has 0 aromatic carbocycles. The van der Waals surface area contributed by atoms with Crippen molar-refractivity contribution in [2.45, 2.75) is 26.4 Å². The molecule has 0 saturated carbocycles. The van der Waals surface area contributed by atoms with Gasteiger partial charge in [-0.2, -0.15) is 13.9 Å². The summed E-state index contributed by atoms with van der Waals surface area (Å²) >= 11 is 1.08. The van der Waals surface area contributed by atoms with Gasteiger partial charge < -0.3 is 9.15 Å². The van der Waals surface area contributed by atoms with Gasteiger partial charge in [0.05, 0.1) is 43.5 Å². The highest BCUT2D eigenvalue weighted by molar-refractivity contribution is 7.92. The molecule has 0 saturated heterocycles. The molecule has 3 rings (SSSR count). The number of alkyl halides is 2. The molecule has 0 aliphatic rings. The van der Waals surface area contributed by atoms with E-state index in [1.165, 1.54) is 23.6 Å². The second-order valence-electron chi connectivity index (χ2n) is 5.73. The molecule has 29 heavy (non-hydrogen) atoms. The Morgan fingerprint density at radius 2 is 2.14 bits per heavy atom. The highest BCUT2D eigenvalue weighted by Gasteiger charge is 2.25. The first kappa shape index (κ1) is 21.3. The van der Waals surface area contributed by atoms with Crippen LogP contribution in [0.1, 0.15) is 24.2 Å². The van der Waals surface area contributed by atoms with Crippen LogP contribution in [0.25, 0.3) is 10.8 Å². The van der Waals surface area contributed by atoms with E-state index in [2.05, 4.69) is 20.3 Å². The van der Waals surface area contributed by atoms with Crippen LogP contribution in [0.5, 0.6) is 0 Å². The fourth-order valence-electron chi connectivity index (χ4n) is 2.32. The van der Waals surface area contributed by atoms with Crippen molar-refractivity contribution in [3.05, 3.63) is 29.5 Å². The van der Waals surface area contributed by atoms with E-state index in [0.717, 1.165) is 11.3 Å². The lowest BCUT2D eigenvalue weighted by Gasteiger charge is -2.20. The maximum absolute atomic E-state index is 12.6. The van der Waals surface area contributed by atoms with Gasteiger partial charge in [-0.1, -0.05) is 0 Å². The smallest absolute Gasteiger partial charge is 0.314 e. The van der Waals surface area contributed by atoms with Gasteiger partial charge in [-0.3, -0.25) is 8.99 Å². The van der Waals surface area contributed by atoms with Crippen molar-refractivity contribution >= 4 is 27.0 Å². The zero-order valence-electron chi connectivity index (χ0n) is 15.5. The van der Waals surface area contributed by atoms with E-state index in [9.17, 15) is 17.2 Å². The third-order valence-electron chi connectivity index (χ3n) is 3.80. The predicted molar refractivity (Wildman–Crippen MR) is 100 cm³/mol. The van der Waals surface area contributed by atoms with Crippen LogP contribution >= 0.6 is 11.3 Å². The third-order valence-corrected chi connectivity index (χ3v) is 6.51. The topological polar surface area (TPSA) is 116 Å². The minimum atomic E-state index is -3.62. The minimum absolute atomic E-state index is 0.0490. The van der Waals surface area contributed by atoms with Gasteiger partial charge in [0.25, 0.3) is 11.8 Å². The number of methoxy groups -OCH3 is 1. The molecule has 10 nitrogen and oxygen atoms in total. The average Bonchev–Trinajstić information content (AvgIpc) is 3.44. The Bertz CT molecular complexity index is 1050. The Balaban J connectivity index is 1.83. The number of nitrogens with zero attached hydrogens (tertiary/aromatic N) is 6. The number of hydrogen-bond donors (Lipinski definition) is 0. The molecule has 158 valence electrons. The fourth-order valence-corrected chi connectivity index (χ4v) is 4.28. The third kappa shape index (κ3) is 4.94. The average molecular weight is 448 g/mol. The van der Waals surface area contributed by atoms with Crippen LogP contribution in [0.2, 0.25) is 0 Å². The van der Waals surface area contributed by atoms with E-state index in [4.69, 9.17) is 9.15 Å². The number of aromatic nitrogens is 5. The number of rotatable bonds is 10. The van der Waals surface area contributed by atoms with E-state index in [1.807, 2.05) is 0 Å². The maximum Gasteiger partial charge on any atom is 0.314 e. The van der Waals surface area contributed by atoms with Crippen molar-refractivity contribution in [2.24, 2.45) is 0 Å². The lowest BCUT2D eigenvalue weighted by molar-refractivity contribution is 0.116. The fraction of sp³-hybridized carbons (Fsp3) is 0.467. The molecule has 0 N–H and O–H groups in total. The van der Waals surface area contributed by atoms with Gasteiger partial charge in [-0.25, -0.2) is 13.4 Å². The van der Waals surface area contributed by atoms with Crippen molar-refractivity contribution in [1.82, 2.24) is 25.0 Å². The Morgan fingerprint density at radius 3 is 2.79 bits per heavy atom. The van der Waals surface area contributed by atoms with Crippen LogP contribution < -0.4 is 4.31 Å². The van der Waals surface area contributed by atoms with Crippen LogP contribution in [0.4, 0.5) is 14.5 Å². The van der Waals surface area contributed by atoms with Crippen molar-refractivity contribution in [3.8, 4) is 10.8 Å². The van der Waals surface area contributed by atoms with Crippen LogP contribution in [0, 0.1) is 0 Å². The van der Waals surface area contributed by atoms with Crippen LogP contribution in [0.3, 0.4) is 0 Å². The Hall–Kier alpha value is -2.45. The van der Waals surface area contributed by atoms with Crippen LogP contribution in [-0.4, -0.2) is 52.8 Å². The molecule has 0 fully saturated rings. The number of anilines is 1. The van der Waals surface area contributed by atoms with Gasteiger partial charge in [0.2, 0.25) is 10.0 Å². The Morgan fingerprint density at radius 1 is 1.34 bits per heavy atom. The summed E-state index contributed by atoms with van der Waals surface area (Å²) in [5, 5.41) is 11.4. The molecule has 0 radical (unpaired) electrons. The first-order valence-electron chi connectivity index (χ1n) is 8.42. The summed E-state index contributed by atoms with van der Waals surface area (Å²) in [5.74, 6) is -0.995.